The van der Waals surface area contributed by atoms with E-state index in [9.17, 15) is 13.6 Å². The fourth-order valence-electron chi connectivity index (χ4n) is 2.08. The number of nitrogens with one attached hydrogen (secondary N) is 1. The van der Waals surface area contributed by atoms with Gasteiger partial charge in [-0.3, -0.25) is 4.79 Å². The molecule has 9 heteroatoms. The molecule has 0 atom stereocenters. The summed E-state index contributed by atoms with van der Waals surface area (Å²) in [6.07, 6.45) is 2.10. The van der Waals surface area contributed by atoms with Gasteiger partial charge in [0.05, 0.1) is 0 Å². The molecule has 1 aliphatic rings. The Balaban J connectivity index is 1.60. The Hall–Kier alpha value is -2.42. The lowest BCUT2D eigenvalue weighted by Crippen LogP contribution is -2.12. The largest absolute Gasteiger partial charge is 0.320 e. The average molecular weight is 321 g/mol. The highest BCUT2D eigenvalue weighted by molar-refractivity contribution is 7.18. The van der Waals surface area contributed by atoms with Crippen molar-refractivity contribution in [1.29, 1.82) is 0 Å². The lowest BCUT2D eigenvalue weighted by molar-refractivity contribution is 0.102. The van der Waals surface area contributed by atoms with Crippen molar-refractivity contribution in [2.45, 2.75) is 18.8 Å². The van der Waals surface area contributed by atoms with E-state index in [2.05, 4.69) is 20.6 Å². The number of nitrogens with zero attached hydrogens (tertiary/aromatic N) is 4. The smallest absolute Gasteiger partial charge is 0.286 e. The Bertz CT molecular complexity index is 886. The molecule has 1 amide bonds. The van der Waals surface area contributed by atoms with Gasteiger partial charge in [-0.25, -0.2) is 8.78 Å². The van der Waals surface area contributed by atoms with E-state index >= 15 is 0 Å². The van der Waals surface area contributed by atoms with Crippen LogP contribution < -0.4 is 5.32 Å². The number of benzene rings is 1. The maximum Gasteiger partial charge on any atom is 0.286 e. The first-order valence-corrected chi connectivity index (χ1v) is 7.42. The van der Waals surface area contributed by atoms with Crippen molar-refractivity contribution >= 4 is 27.9 Å². The minimum Gasteiger partial charge on any atom is -0.320 e. The second-order valence-electron chi connectivity index (χ2n) is 5.02. The van der Waals surface area contributed by atoms with Gasteiger partial charge < -0.3 is 5.32 Å². The standard InChI is InChI=1S/C13H9F2N5OS/c14-8-4-3-7(5-9(8)15)16-11(21)12-19-20-10(6-1-2-6)17-18-13(20)22-12/h3-6H,1-2H2,(H,16,21). The Morgan fingerprint density at radius 1 is 1.27 bits per heavy atom. The van der Waals surface area contributed by atoms with E-state index in [4.69, 9.17) is 0 Å². The number of hydrogen-bond donors (Lipinski definition) is 1. The van der Waals surface area contributed by atoms with Crippen LogP contribution in [-0.2, 0) is 0 Å². The molecule has 4 rings (SSSR count). The van der Waals surface area contributed by atoms with Gasteiger partial charge in [-0.05, 0) is 25.0 Å². The van der Waals surface area contributed by atoms with Crippen LogP contribution in [0.15, 0.2) is 18.2 Å². The van der Waals surface area contributed by atoms with E-state index in [0.29, 0.717) is 10.9 Å². The third-order valence-electron chi connectivity index (χ3n) is 3.33. The van der Waals surface area contributed by atoms with Crippen LogP contribution in [-0.4, -0.2) is 25.7 Å². The SMILES string of the molecule is O=C(Nc1ccc(F)c(F)c1)c1nn2c(C3CC3)nnc2s1. The van der Waals surface area contributed by atoms with Gasteiger partial charge in [-0.15, -0.1) is 15.3 Å². The van der Waals surface area contributed by atoms with Crippen molar-refractivity contribution in [2.24, 2.45) is 0 Å². The van der Waals surface area contributed by atoms with Crippen LogP contribution in [0.5, 0.6) is 0 Å². The molecule has 1 aliphatic carbocycles. The number of amides is 1. The highest BCUT2D eigenvalue weighted by Gasteiger charge is 2.30. The molecule has 2 aromatic heterocycles. The van der Waals surface area contributed by atoms with Crippen LogP contribution in [0.25, 0.3) is 4.96 Å². The summed E-state index contributed by atoms with van der Waals surface area (Å²) < 4.78 is 27.6. The highest BCUT2D eigenvalue weighted by Crippen LogP contribution is 2.39. The Labute approximate surface area is 126 Å². The number of anilines is 1. The second kappa shape index (κ2) is 4.80. The van der Waals surface area contributed by atoms with Gasteiger partial charge in [0.2, 0.25) is 9.97 Å². The monoisotopic (exact) mass is 321 g/mol. The Morgan fingerprint density at radius 2 is 2.09 bits per heavy atom. The molecular formula is C13H9F2N5OS. The first-order valence-electron chi connectivity index (χ1n) is 6.60. The summed E-state index contributed by atoms with van der Waals surface area (Å²) in [6, 6.07) is 3.16. The number of carbonyl (C=O) groups is 1. The molecule has 6 nitrogen and oxygen atoms in total. The first-order chi connectivity index (χ1) is 10.6. The molecular weight excluding hydrogens is 312 g/mol. The third kappa shape index (κ3) is 2.23. The Kier molecular flexibility index (Phi) is 2.89. The minimum absolute atomic E-state index is 0.164. The first kappa shape index (κ1) is 13.3. The van der Waals surface area contributed by atoms with Crippen molar-refractivity contribution in [2.75, 3.05) is 5.32 Å². The zero-order valence-corrected chi connectivity index (χ0v) is 11.9. The Morgan fingerprint density at radius 3 is 2.82 bits per heavy atom. The molecule has 1 saturated carbocycles. The number of carbonyl (C=O) groups excluding carboxylic acids is 1. The second-order valence-corrected chi connectivity index (χ2v) is 5.97. The van der Waals surface area contributed by atoms with Crippen molar-refractivity contribution in [3.05, 3.63) is 40.7 Å². The zero-order valence-electron chi connectivity index (χ0n) is 11.1. The molecule has 1 fully saturated rings. The molecule has 0 aliphatic heterocycles. The molecule has 2 heterocycles. The van der Waals surface area contributed by atoms with Crippen molar-refractivity contribution in [1.82, 2.24) is 19.8 Å². The maximum absolute atomic E-state index is 13.1. The van der Waals surface area contributed by atoms with Gasteiger partial charge in [0.25, 0.3) is 5.91 Å². The summed E-state index contributed by atoms with van der Waals surface area (Å²) in [5, 5.41) is 14.9. The van der Waals surface area contributed by atoms with Crippen molar-refractivity contribution < 1.29 is 13.6 Å². The van der Waals surface area contributed by atoms with Crippen molar-refractivity contribution in [3.63, 3.8) is 0 Å². The third-order valence-corrected chi connectivity index (χ3v) is 4.23. The van der Waals surface area contributed by atoms with Gasteiger partial charge in [-0.2, -0.15) is 4.52 Å². The fraction of sp³-hybridized carbons (Fsp3) is 0.231. The van der Waals surface area contributed by atoms with Crippen molar-refractivity contribution in [3.8, 4) is 0 Å². The predicted molar refractivity (Wildman–Crippen MR) is 74.9 cm³/mol. The number of aromatic nitrogens is 4. The molecule has 22 heavy (non-hydrogen) atoms. The summed E-state index contributed by atoms with van der Waals surface area (Å²) in [6.45, 7) is 0. The lowest BCUT2D eigenvalue weighted by atomic mass is 10.3. The molecule has 112 valence electrons. The van der Waals surface area contributed by atoms with E-state index in [-0.39, 0.29) is 10.7 Å². The van der Waals surface area contributed by atoms with Gasteiger partial charge in [0, 0.05) is 17.7 Å². The fourth-order valence-corrected chi connectivity index (χ4v) is 2.82. The van der Waals surface area contributed by atoms with Gasteiger partial charge in [-0.1, -0.05) is 11.3 Å². The number of halogens is 2. The highest BCUT2D eigenvalue weighted by atomic mass is 32.1. The minimum atomic E-state index is -1.02. The number of rotatable bonds is 3. The predicted octanol–water partition coefficient (Wildman–Crippen LogP) is 2.59. The quantitative estimate of drug-likeness (QED) is 0.805. The molecule has 0 unspecified atom stereocenters. The van der Waals surface area contributed by atoms with E-state index < -0.39 is 17.5 Å². The van der Waals surface area contributed by atoms with Crippen LogP contribution in [0, 0.1) is 11.6 Å². The summed E-state index contributed by atoms with van der Waals surface area (Å²) in [4.78, 5) is 12.7. The summed E-state index contributed by atoms with van der Waals surface area (Å²) in [5.74, 6) is -1.36. The van der Waals surface area contributed by atoms with Crippen LogP contribution >= 0.6 is 11.3 Å². The number of hydrogen-bond acceptors (Lipinski definition) is 5. The van der Waals surface area contributed by atoms with Crippen LogP contribution in [0.2, 0.25) is 0 Å². The molecule has 3 aromatic rings. The van der Waals surface area contributed by atoms with E-state index in [1.165, 1.54) is 6.07 Å². The van der Waals surface area contributed by atoms with Crippen LogP contribution in [0.4, 0.5) is 14.5 Å². The van der Waals surface area contributed by atoms with Gasteiger partial charge in [0.1, 0.15) is 0 Å². The molecule has 1 N–H and O–H groups in total. The van der Waals surface area contributed by atoms with Crippen LogP contribution in [0.3, 0.4) is 0 Å². The molecule has 1 aromatic carbocycles. The van der Waals surface area contributed by atoms with Gasteiger partial charge in [0.15, 0.2) is 17.5 Å². The van der Waals surface area contributed by atoms with E-state index in [0.717, 1.165) is 42.1 Å². The summed E-state index contributed by atoms with van der Waals surface area (Å²) in [5.41, 5.74) is 0.164. The average Bonchev–Trinajstić information content (AvgIpc) is 3.10. The molecule has 0 spiro atoms. The van der Waals surface area contributed by atoms with E-state index in [1.807, 2.05) is 0 Å². The molecule has 0 bridgehead atoms. The lowest BCUT2D eigenvalue weighted by Gasteiger charge is -2.02. The van der Waals surface area contributed by atoms with E-state index in [1.54, 1.807) is 4.52 Å². The van der Waals surface area contributed by atoms with Crippen LogP contribution in [0.1, 0.15) is 34.4 Å². The maximum atomic E-state index is 13.1. The van der Waals surface area contributed by atoms with Gasteiger partial charge >= 0.3 is 0 Å². The topological polar surface area (TPSA) is 72.2 Å². The summed E-state index contributed by atoms with van der Waals surface area (Å²) in [7, 11) is 0. The molecule has 0 saturated heterocycles. The number of fused-ring (bicyclic) bond motifs is 1. The normalized spacial score (nSPS) is 14.5. The molecule has 0 radical (unpaired) electrons. The summed E-state index contributed by atoms with van der Waals surface area (Å²) >= 11 is 1.10. The zero-order chi connectivity index (χ0) is 15.3.